The fraction of sp³-hybridized carbons (Fsp3) is 0.316. The first kappa shape index (κ1) is 20.6. The average molecular weight is 425 g/mol. The number of sulfonamides is 1. The van der Waals surface area contributed by atoms with E-state index < -0.39 is 10.0 Å². The summed E-state index contributed by atoms with van der Waals surface area (Å²) >= 11 is 6.08. The molecule has 1 saturated heterocycles. The third-order valence-electron chi connectivity index (χ3n) is 4.37. The van der Waals surface area contributed by atoms with Gasteiger partial charge in [0.25, 0.3) is 0 Å². The number of carbonyl (C=O) groups is 1. The normalized spacial score (nSPS) is 15.2. The van der Waals surface area contributed by atoms with Gasteiger partial charge in [0.15, 0.2) is 5.78 Å². The predicted octanol–water partition coefficient (Wildman–Crippen LogP) is 2.66. The molecular formula is C19H21ClN2O5S. The van der Waals surface area contributed by atoms with Crippen LogP contribution in [0.5, 0.6) is 5.75 Å². The number of rotatable bonds is 7. The second-order valence-electron chi connectivity index (χ2n) is 6.17. The topological polar surface area (TPSA) is 84.9 Å². The zero-order valence-electron chi connectivity index (χ0n) is 15.4. The summed E-state index contributed by atoms with van der Waals surface area (Å²) in [5, 5.41) is 3.42. The number of ketones is 1. The van der Waals surface area contributed by atoms with Crippen molar-refractivity contribution < 1.29 is 22.7 Å². The molecule has 0 saturated carbocycles. The highest BCUT2D eigenvalue weighted by atomic mass is 35.5. The maximum Gasteiger partial charge on any atom is 0.243 e. The maximum atomic E-state index is 12.8. The Balaban J connectivity index is 1.71. The molecule has 1 fully saturated rings. The highest BCUT2D eigenvalue weighted by molar-refractivity contribution is 7.89. The molecule has 2 aromatic carbocycles. The van der Waals surface area contributed by atoms with E-state index >= 15 is 0 Å². The molecule has 2 aromatic rings. The molecule has 0 unspecified atom stereocenters. The van der Waals surface area contributed by atoms with Gasteiger partial charge >= 0.3 is 0 Å². The lowest BCUT2D eigenvalue weighted by molar-refractivity contribution is 0.0730. The third kappa shape index (κ3) is 4.64. The van der Waals surface area contributed by atoms with Crippen LogP contribution in [0.2, 0.25) is 5.02 Å². The number of halogens is 1. The molecule has 0 bridgehead atoms. The third-order valence-corrected chi connectivity index (χ3v) is 6.56. The van der Waals surface area contributed by atoms with Gasteiger partial charge < -0.3 is 14.8 Å². The summed E-state index contributed by atoms with van der Waals surface area (Å²) < 4.78 is 37.2. The van der Waals surface area contributed by atoms with E-state index in [4.69, 9.17) is 21.1 Å². The molecule has 1 heterocycles. The van der Waals surface area contributed by atoms with Crippen molar-refractivity contribution >= 4 is 33.1 Å². The van der Waals surface area contributed by atoms with E-state index in [9.17, 15) is 13.2 Å². The van der Waals surface area contributed by atoms with Gasteiger partial charge in [-0.15, -0.1) is 0 Å². The molecule has 1 aliphatic heterocycles. The van der Waals surface area contributed by atoms with Crippen LogP contribution in [0.4, 0.5) is 5.69 Å². The molecule has 1 N–H and O–H groups in total. The van der Waals surface area contributed by atoms with Crippen molar-refractivity contribution in [3.05, 3.63) is 53.1 Å². The fourth-order valence-electron chi connectivity index (χ4n) is 2.83. The Morgan fingerprint density at radius 2 is 1.96 bits per heavy atom. The maximum absolute atomic E-state index is 12.8. The van der Waals surface area contributed by atoms with Gasteiger partial charge in [0.05, 0.1) is 36.8 Å². The number of benzene rings is 2. The molecule has 0 spiro atoms. The lowest BCUT2D eigenvalue weighted by Gasteiger charge is -2.26. The van der Waals surface area contributed by atoms with Crippen molar-refractivity contribution in [1.29, 1.82) is 0 Å². The lowest BCUT2D eigenvalue weighted by Crippen LogP contribution is -2.40. The number of methoxy groups -OCH3 is 1. The van der Waals surface area contributed by atoms with E-state index in [2.05, 4.69) is 5.32 Å². The first-order valence-electron chi connectivity index (χ1n) is 8.70. The summed E-state index contributed by atoms with van der Waals surface area (Å²) in [7, 11) is -2.13. The van der Waals surface area contributed by atoms with Crippen LogP contribution >= 0.6 is 11.6 Å². The molecule has 0 aliphatic carbocycles. The van der Waals surface area contributed by atoms with Crippen molar-refractivity contribution in [1.82, 2.24) is 4.31 Å². The minimum Gasteiger partial charge on any atom is -0.495 e. The van der Waals surface area contributed by atoms with Gasteiger partial charge in [-0.1, -0.05) is 23.7 Å². The predicted molar refractivity (Wildman–Crippen MR) is 107 cm³/mol. The number of Topliss-reactive ketones (excluding diaryl/α,β-unsaturated/α-hetero) is 1. The molecule has 28 heavy (non-hydrogen) atoms. The van der Waals surface area contributed by atoms with Crippen molar-refractivity contribution in [2.75, 3.05) is 45.3 Å². The Labute approximate surface area is 169 Å². The quantitative estimate of drug-likeness (QED) is 0.688. The second kappa shape index (κ2) is 8.91. The summed E-state index contributed by atoms with van der Waals surface area (Å²) in [5.41, 5.74) is 0.984. The average Bonchev–Trinajstić information content (AvgIpc) is 2.73. The van der Waals surface area contributed by atoms with Gasteiger partial charge in [-0.2, -0.15) is 4.31 Å². The number of hydrogen-bond donors (Lipinski definition) is 1. The van der Waals surface area contributed by atoms with Crippen molar-refractivity contribution in [2.24, 2.45) is 0 Å². The van der Waals surface area contributed by atoms with Crippen LogP contribution in [-0.2, 0) is 14.8 Å². The summed E-state index contributed by atoms with van der Waals surface area (Å²) in [6, 6.07) is 11.2. The highest BCUT2D eigenvalue weighted by Crippen LogP contribution is 2.27. The summed E-state index contributed by atoms with van der Waals surface area (Å²) in [6.45, 7) is 1.35. The van der Waals surface area contributed by atoms with Crippen LogP contribution in [0.3, 0.4) is 0 Å². The van der Waals surface area contributed by atoms with E-state index in [-0.39, 0.29) is 17.2 Å². The van der Waals surface area contributed by atoms with Crippen LogP contribution in [0.15, 0.2) is 47.4 Å². The number of hydrogen-bond acceptors (Lipinski definition) is 6. The van der Waals surface area contributed by atoms with Crippen molar-refractivity contribution in [2.45, 2.75) is 4.90 Å². The van der Waals surface area contributed by atoms with Gasteiger partial charge in [-0.3, -0.25) is 4.79 Å². The largest absolute Gasteiger partial charge is 0.495 e. The van der Waals surface area contributed by atoms with E-state index in [1.54, 1.807) is 30.3 Å². The summed E-state index contributed by atoms with van der Waals surface area (Å²) in [4.78, 5) is 12.6. The van der Waals surface area contributed by atoms with E-state index in [1.165, 1.54) is 23.5 Å². The summed E-state index contributed by atoms with van der Waals surface area (Å²) in [5.74, 6) is 0.311. The smallest absolute Gasteiger partial charge is 0.243 e. The second-order valence-corrected chi connectivity index (χ2v) is 8.52. The van der Waals surface area contributed by atoms with E-state index in [0.717, 1.165) is 0 Å². The molecule has 0 radical (unpaired) electrons. The highest BCUT2D eigenvalue weighted by Gasteiger charge is 2.26. The Kier molecular flexibility index (Phi) is 6.56. The van der Waals surface area contributed by atoms with E-state index in [1.807, 2.05) is 0 Å². The molecule has 3 rings (SSSR count). The van der Waals surface area contributed by atoms with Gasteiger partial charge in [-0.05, 0) is 30.3 Å². The molecular weight excluding hydrogens is 404 g/mol. The van der Waals surface area contributed by atoms with Crippen LogP contribution in [-0.4, -0.2) is 58.5 Å². The Morgan fingerprint density at radius 3 is 2.64 bits per heavy atom. The molecule has 150 valence electrons. The number of ether oxygens (including phenoxy) is 2. The number of carbonyl (C=O) groups excluding carboxylic acids is 1. The van der Waals surface area contributed by atoms with Crippen LogP contribution in [0.1, 0.15) is 10.4 Å². The molecule has 0 aromatic heterocycles. The Bertz CT molecular complexity index is 959. The first-order chi connectivity index (χ1) is 13.4. The molecule has 9 heteroatoms. The van der Waals surface area contributed by atoms with Crippen molar-refractivity contribution in [3.63, 3.8) is 0 Å². The standard InChI is InChI=1S/C19H21ClN2O5S/c1-26-19-6-5-15(12-17(19)20)21-13-18(23)14-3-2-4-16(11-14)28(24,25)22-7-9-27-10-8-22/h2-6,11-12,21H,7-10,13H2,1H3. The lowest BCUT2D eigenvalue weighted by atomic mass is 10.1. The summed E-state index contributed by atoms with van der Waals surface area (Å²) in [6.07, 6.45) is 0. The van der Waals surface area contributed by atoms with Gasteiger partial charge in [-0.25, -0.2) is 8.42 Å². The zero-order chi connectivity index (χ0) is 20.1. The number of anilines is 1. The SMILES string of the molecule is COc1ccc(NCC(=O)c2cccc(S(=O)(=O)N3CCOCC3)c2)cc1Cl. The number of nitrogens with zero attached hydrogens (tertiary/aromatic N) is 1. The van der Waals surface area contributed by atoms with Gasteiger partial charge in [0.2, 0.25) is 10.0 Å². The van der Waals surface area contributed by atoms with Crippen LogP contribution < -0.4 is 10.1 Å². The molecule has 1 aliphatic rings. The number of morpholine rings is 1. The monoisotopic (exact) mass is 424 g/mol. The molecule has 0 amide bonds. The zero-order valence-corrected chi connectivity index (χ0v) is 16.9. The Morgan fingerprint density at radius 1 is 1.21 bits per heavy atom. The number of nitrogens with one attached hydrogen (secondary N) is 1. The molecule has 7 nitrogen and oxygen atoms in total. The van der Waals surface area contributed by atoms with Crippen LogP contribution in [0.25, 0.3) is 0 Å². The van der Waals surface area contributed by atoms with Crippen LogP contribution in [0, 0.1) is 0 Å². The molecule has 0 atom stereocenters. The Hall–Kier alpha value is -2.13. The van der Waals surface area contributed by atoms with Gasteiger partial charge in [0, 0.05) is 24.3 Å². The van der Waals surface area contributed by atoms with E-state index in [0.29, 0.717) is 48.3 Å². The minimum absolute atomic E-state index is 0.00368. The fourth-order valence-corrected chi connectivity index (χ4v) is 4.54. The minimum atomic E-state index is -3.65. The first-order valence-corrected chi connectivity index (χ1v) is 10.5. The van der Waals surface area contributed by atoms with Crippen molar-refractivity contribution in [3.8, 4) is 5.75 Å². The van der Waals surface area contributed by atoms with Gasteiger partial charge in [0.1, 0.15) is 5.75 Å².